The zero-order valence-corrected chi connectivity index (χ0v) is 14.6. The summed E-state index contributed by atoms with van der Waals surface area (Å²) in [5, 5.41) is 9.00. The molecule has 0 aliphatic heterocycles. The van der Waals surface area contributed by atoms with Crippen molar-refractivity contribution in [2.24, 2.45) is 0 Å². The summed E-state index contributed by atoms with van der Waals surface area (Å²) in [6.45, 7) is 2.28. The molecular formula is C20H18F2N2O3. The maximum absolute atomic E-state index is 14.1. The molecule has 3 rings (SSSR count). The van der Waals surface area contributed by atoms with Gasteiger partial charge in [0.2, 0.25) is 5.89 Å². The summed E-state index contributed by atoms with van der Waals surface area (Å²) in [5.74, 6) is -2.26. The Bertz CT molecular complexity index is 928. The Hall–Kier alpha value is -3.06. The molecule has 0 amide bonds. The van der Waals surface area contributed by atoms with Gasteiger partial charge in [0.15, 0.2) is 5.69 Å². The van der Waals surface area contributed by atoms with Crippen LogP contribution < -0.4 is 0 Å². The zero-order valence-electron chi connectivity index (χ0n) is 14.6. The van der Waals surface area contributed by atoms with E-state index in [1.54, 1.807) is 0 Å². The molecule has 1 unspecified atom stereocenters. The highest BCUT2D eigenvalue weighted by Gasteiger charge is 2.21. The molecule has 140 valence electrons. The Labute approximate surface area is 154 Å². The van der Waals surface area contributed by atoms with E-state index in [4.69, 9.17) is 9.52 Å². The molecule has 27 heavy (non-hydrogen) atoms. The normalized spacial score (nSPS) is 12.3. The summed E-state index contributed by atoms with van der Waals surface area (Å²) in [7, 11) is 0. The number of halogens is 2. The second-order valence-electron chi connectivity index (χ2n) is 6.16. The van der Waals surface area contributed by atoms with Crippen LogP contribution in [0.4, 0.5) is 8.78 Å². The van der Waals surface area contributed by atoms with Crippen molar-refractivity contribution >= 4 is 5.97 Å². The Morgan fingerprint density at radius 2 is 1.93 bits per heavy atom. The number of nitrogens with zero attached hydrogens (tertiary/aromatic N) is 2. The van der Waals surface area contributed by atoms with E-state index in [1.165, 1.54) is 12.1 Å². The molecule has 0 saturated carbocycles. The number of oxazole rings is 1. The maximum atomic E-state index is 14.1. The second-order valence-corrected chi connectivity index (χ2v) is 6.16. The highest BCUT2D eigenvalue weighted by Crippen LogP contribution is 2.25. The summed E-state index contributed by atoms with van der Waals surface area (Å²) in [4.78, 5) is 16.8. The van der Waals surface area contributed by atoms with Crippen molar-refractivity contribution in [3.63, 3.8) is 0 Å². The SMILES string of the molecule is CC(c1ccccc1)N(Cc1nc(C(=O)O)co1)Cc1ccc(F)cc1F. The maximum Gasteiger partial charge on any atom is 0.357 e. The van der Waals surface area contributed by atoms with Crippen molar-refractivity contribution in [1.29, 1.82) is 0 Å². The van der Waals surface area contributed by atoms with Gasteiger partial charge in [-0.1, -0.05) is 36.4 Å². The fourth-order valence-corrected chi connectivity index (χ4v) is 2.80. The molecule has 0 spiro atoms. The van der Waals surface area contributed by atoms with Crippen molar-refractivity contribution in [3.8, 4) is 0 Å². The van der Waals surface area contributed by atoms with Crippen molar-refractivity contribution in [1.82, 2.24) is 9.88 Å². The average Bonchev–Trinajstić information content (AvgIpc) is 3.12. The van der Waals surface area contributed by atoms with E-state index in [0.29, 0.717) is 5.56 Å². The predicted molar refractivity (Wildman–Crippen MR) is 93.9 cm³/mol. The monoisotopic (exact) mass is 372 g/mol. The minimum absolute atomic E-state index is 0.143. The number of benzene rings is 2. The number of aromatic carboxylic acids is 1. The van der Waals surface area contributed by atoms with Gasteiger partial charge in [-0.3, -0.25) is 4.90 Å². The zero-order chi connectivity index (χ0) is 19.4. The summed E-state index contributed by atoms with van der Waals surface area (Å²) in [6.07, 6.45) is 1.07. The van der Waals surface area contributed by atoms with Crippen molar-refractivity contribution in [3.05, 3.63) is 89.1 Å². The second kappa shape index (κ2) is 8.09. The fraction of sp³-hybridized carbons (Fsp3) is 0.200. The third-order valence-electron chi connectivity index (χ3n) is 4.33. The number of hydrogen-bond acceptors (Lipinski definition) is 4. The standard InChI is InChI=1S/C20H18F2N2O3/c1-13(14-5-3-2-4-6-14)24(10-15-7-8-16(21)9-17(15)22)11-19-23-18(12-27-19)20(25)26/h2-9,12-13H,10-11H2,1H3,(H,25,26). The molecule has 0 aliphatic rings. The van der Waals surface area contributed by atoms with Crippen molar-refractivity contribution in [2.75, 3.05) is 0 Å². The van der Waals surface area contributed by atoms with E-state index in [9.17, 15) is 13.6 Å². The van der Waals surface area contributed by atoms with Crippen molar-refractivity contribution in [2.45, 2.75) is 26.1 Å². The Morgan fingerprint density at radius 3 is 2.56 bits per heavy atom. The van der Waals surface area contributed by atoms with Crippen LogP contribution in [-0.2, 0) is 13.1 Å². The minimum Gasteiger partial charge on any atom is -0.476 e. The lowest BCUT2D eigenvalue weighted by molar-refractivity contribution is 0.0690. The molecule has 0 radical (unpaired) electrons. The van der Waals surface area contributed by atoms with E-state index in [1.807, 2.05) is 42.2 Å². The summed E-state index contributed by atoms with van der Waals surface area (Å²) < 4.78 is 32.6. The van der Waals surface area contributed by atoms with Crippen LogP contribution in [0.15, 0.2) is 59.2 Å². The number of carboxylic acids is 1. The summed E-state index contributed by atoms with van der Waals surface area (Å²) in [5.41, 5.74) is 1.12. The fourth-order valence-electron chi connectivity index (χ4n) is 2.80. The van der Waals surface area contributed by atoms with E-state index in [2.05, 4.69) is 4.98 Å². The van der Waals surface area contributed by atoms with E-state index >= 15 is 0 Å². The molecule has 7 heteroatoms. The van der Waals surface area contributed by atoms with Gasteiger partial charge in [-0.15, -0.1) is 0 Å². The van der Waals surface area contributed by atoms with Crippen LogP contribution >= 0.6 is 0 Å². The van der Waals surface area contributed by atoms with Gasteiger partial charge in [0, 0.05) is 24.2 Å². The lowest BCUT2D eigenvalue weighted by Gasteiger charge is -2.28. The smallest absolute Gasteiger partial charge is 0.357 e. The number of carboxylic acid groups (broad SMARTS) is 1. The summed E-state index contributed by atoms with van der Waals surface area (Å²) >= 11 is 0. The van der Waals surface area contributed by atoms with Gasteiger partial charge in [-0.05, 0) is 18.6 Å². The highest BCUT2D eigenvalue weighted by atomic mass is 19.1. The van der Waals surface area contributed by atoms with Gasteiger partial charge in [0.05, 0.1) is 6.54 Å². The molecular weight excluding hydrogens is 354 g/mol. The molecule has 1 N–H and O–H groups in total. The van der Waals surface area contributed by atoms with E-state index in [-0.39, 0.29) is 30.7 Å². The molecule has 0 saturated heterocycles. The number of rotatable bonds is 7. The molecule has 2 aromatic carbocycles. The first-order chi connectivity index (χ1) is 12.9. The van der Waals surface area contributed by atoms with Crippen LogP contribution in [0.1, 0.15) is 40.5 Å². The molecule has 1 heterocycles. The van der Waals surface area contributed by atoms with Crippen LogP contribution in [0, 0.1) is 11.6 Å². The Morgan fingerprint density at radius 1 is 1.19 bits per heavy atom. The van der Waals surface area contributed by atoms with Crippen molar-refractivity contribution < 1.29 is 23.1 Å². The average molecular weight is 372 g/mol. The molecule has 3 aromatic rings. The van der Waals surface area contributed by atoms with Gasteiger partial charge in [0.1, 0.15) is 17.9 Å². The Balaban J connectivity index is 1.88. The lowest BCUT2D eigenvalue weighted by atomic mass is 10.1. The van der Waals surface area contributed by atoms with Gasteiger partial charge < -0.3 is 9.52 Å². The minimum atomic E-state index is -1.18. The number of aromatic nitrogens is 1. The summed E-state index contributed by atoms with van der Waals surface area (Å²) in [6, 6.07) is 12.9. The largest absolute Gasteiger partial charge is 0.476 e. The van der Waals surface area contributed by atoms with E-state index < -0.39 is 17.6 Å². The van der Waals surface area contributed by atoms with Gasteiger partial charge in [-0.2, -0.15) is 0 Å². The third kappa shape index (κ3) is 4.57. The number of carbonyl (C=O) groups is 1. The first-order valence-corrected chi connectivity index (χ1v) is 8.34. The first-order valence-electron chi connectivity index (χ1n) is 8.34. The quantitative estimate of drug-likeness (QED) is 0.665. The topological polar surface area (TPSA) is 66.6 Å². The van der Waals surface area contributed by atoms with Crippen LogP contribution in [-0.4, -0.2) is 21.0 Å². The molecule has 1 atom stereocenters. The predicted octanol–water partition coefficient (Wildman–Crippen LogP) is 4.41. The lowest BCUT2D eigenvalue weighted by Crippen LogP contribution is -2.27. The molecule has 0 aliphatic carbocycles. The van der Waals surface area contributed by atoms with Crippen LogP contribution in [0.3, 0.4) is 0 Å². The van der Waals surface area contributed by atoms with Crippen LogP contribution in [0.25, 0.3) is 0 Å². The van der Waals surface area contributed by atoms with E-state index in [0.717, 1.165) is 17.9 Å². The molecule has 1 aromatic heterocycles. The van der Waals surface area contributed by atoms with Gasteiger partial charge >= 0.3 is 5.97 Å². The third-order valence-corrected chi connectivity index (χ3v) is 4.33. The molecule has 0 fully saturated rings. The number of hydrogen-bond donors (Lipinski definition) is 1. The Kier molecular flexibility index (Phi) is 5.61. The van der Waals surface area contributed by atoms with Gasteiger partial charge in [0.25, 0.3) is 0 Å². The van der Waals surface area contributed by atoms with Gasteiger partial charge in [-0.25, -0.2) is 18.6 Å². The molecule has 5 nitrogen and oxygen atoms in total. The highest BCUT2D eigenvalue weighted by molar-refractivity contribution is 5.84. The van der Waals surface area contributed by atoms with Crippen LogP contribution in [0.2, 0.25) is 0 Å². The first kappa shape index (κ1) is 18.7. The van der Waals surface area contributed by atoms with Crippen LogP contribution in [0.5, 0.6) is 0 Å². The molecule has 0 bridgehead atoms.